The van der Waals surface area contributed by atoms with Crippen molar-refractivity contribution in [1.29, 1.82) is 0 Å². The molecule has 2 rings (SSSR count). The number of nitrogens with one attached hydrogen (secondary N) is 1. The highest BCUT2D eigenvalue weighted by Gasteiger charge is 2.17. The molecular weight excluding hydrogens is 246 g/mol. The van der Waals surface area contributed by atoms with Crippen LogP contribution in [-0.2, 0) is 9.59 Å². The third-order valence-corrected chi connectivity index (χ3v) is 3.03. The molecular formula is C14H17NO4. The second kappa shape index (κ2) is 5.73. The Morgan fingerprint density at radius 2 is 2.32 bits per heavy atom. The van der Waals surface area contributed by atoms with E-state index in [2.05, 4.69) is 5.32 Å². The zero-order valence-corrected chi connectivity index (χ0v) is 11.1. The van der Waals surface area contributed by atoms with E-state index in [1.807, 2.05) is 13.8 Å². The summed E-state index contributed by atoms with van der Waals surface area (Å²) in [5.74, 6) is 0.820. The van der Waals surface area contributed by atoms with E-state index in [1.165, 1.54) is 0 Å². The van der Waals surface area contributed by atoms with Gasteiger partial charge in [0.1, 0.15) is 11.5 Å². The summed E-state index contributed by atoms with van der Waals surface area (Å²) in [6, 6.07) is 4.94. The maximum atomic E-state index is 11.7. The maximum absolute atomic E-state index is 11.7. The zero-order valence-electron chi connectivity index (χ0n) is 11.1. The van der Waals surface area contributed by atoms with Crippen LogP contribution in [0.15, 0.2) is 18.2 Å². The summed E-state index contributed by atoms with van der Waals surface area (Å²) in [6.07, 6.45) is 1.32. The van der Waals surface area contributed by atoms with E-state index in [4.69, 9.17) is 9.47 Å². The van der Waals surface area contributed by atoms with Crippen LogP contribution in [0.3, 0.4) is 0 Å². The van der Waals surface area contributed by atoms with Gasteiger partial charge in [-0.15, -0.1) is 0 Å². The van der Waals surface area contributed by atoms with E-state index < -0.39 is 0 Å². The largest absolute Gasteiger partial charge is 0.482 e. The van der Waals surface area contributed by atoms with Gasteiger partial charge in [-0.05, 0) is 18.1 Å². The average Bonchev–Trinajstić information content (AvgIpc) is 2.37. The molecule has 0 saturated heterocycles. The summed E-state index contributed by atoms with van der Waals surface area (Å²) in [5, 5.41) is 2.67. The van der Waals surface area contributed by atoms with Crippen molar-refractivity contribution >= 4 is 17.6 Å². The normalized spacial score (nSPS) is 14.9. The van der Waals surface area contributed by atoms with E-state index in [9.17, 15) is 9.59 Å². The molecule has 1 aromatic carbocycles. The van der Waals surface area contributed by atoms with Crippen LogP contribution in [0.1, 0.15) is 26.7 Å². The molecule has 5 nitrogen and oxygen atoms in total. The molecule has 1 N–H and O–H groups in total. The molecule has 0 spiro atoms. The lowest BCUT2D eigenvalue weighted by molar-refractivity contribution is -0.135. The van der Waals surface area contributed by atoms with Gasteiger partial charge in [0.05, 0.1) is 5.69 Å². The van der Waals surface area contributed by atoms with Crippen LogP contribution in [0.25, 0.3) is 0 Å². The molecule has 0 aromatic heterocycles. The maximum Gasteiger partial charge on any atom is 0.311 e. The van der Waals surface area contributed by atoms with Crippen molar-refractivity contribution in [2.24, 2.45) is 5.92 Å². The standard InChI is InChI=1S/C14H17NO4/c1-3-9(2)6-14(17)19-10-4-5-12-11(7-10)15-13(16)8-18-12/h4-5,7,9H,3,6,8H2,1-2H3,(H,15,16). The molecule has 0 fully saturated rings. The molecule has 1 heterocycles. The van der Waals surface area contributed by atoms with Gasteiger partial charge in [0, 0.05) is 12.5 Å². The third-order valence-electron chi connectivity index (χ3n) is 3.03. The summed E-state index contributed by atoms with van der Waals surface area (Å²) in [7, 11) is 0. The van der Waals surface area contributed by atoms with Crippen molar-refractivity contribution in [1.82, 2.24) is 0 Å². The van der Waals surface area contributed by atoms with Crippen molar-refractivity contribution in [2.75, 3.05) is 11.9 Å². The van der Waals surface area contributed by atoms with Gasteiger partial charge in [-0.3, -0.25) is 9.59 Å². The Morgan fingerprint density at radius 3 is 3.05 bits per heavy atom. The molecule has 1 aliphatic heterocycles. The first kappa shape index (κ1) is 13.4. The number of rotatable bonds is 4. The van der Waals surface area contributed by atoms with Crippen molar-refractivity contribution in [3.8, 4) is 11.5 Å². The Kier molecular flexibility index (Phi) is 4.04. The molecule has 1 aliphatic rings. The summed E-state index contributed by atoms with van der Waals surface area (Å²) < 4.78 is 10.5. The smallest absolute Gasteiger partial charge is 0.311 e. The van der Waals surface area contributed by atoms with Gasteiger partial charge >= 0.3 is 5.97 Å². The lowest BCUT2D eigenvalue weighted by Crippen LogP contribution is -2.25. The van der Waals surface area contributed by atoms with Crippen LogP contribution < -0.4 is 14.8 Å². The van der Waals surface area contributed by atoms with E-state index in [0.29, 0.717) is 29.5 Å². The molecule has 0 bridgehead atoms. The first-order valence-corrected chi connectivity index (χ1v) is 6.36. The molecule has 0 saturated carbocycles. The molecule has 5 heteroatoms. The first-order chi connectivity index (χ1) is 9.08. The topological polar surface area (TPSA) is 64.6 Å². The number of hydrogen-bond acceptors (Lipinski definition) is 4. The van der Waals surface area contributed by atoms with Gasteiger partial charge in [-0.1, -0.05) is 20.3 Å². The minimum Gasteiger partial charge on any atom is -0.482 e. The SMILES string of the molecule is CCC(C)CC(=O)Oc1ccc2c(c1)NC(=O)CO2. The summed E-state index contributed by atoms with van der Waals surface area (Å²) in [4.78, 5) is 22.9. The molecule has 1 unspecified atom stereocenters. The number of ether oxygens (including phenoxy) is 2. The second-order valence-electron chi connectivity index (χ2n) is 4.69. The highest BCUT2D eigenvalue weighted by Crippen LogP contribution is 2.31. The zero-order chi connectivity index (χ0) is 13.8. The Hall–Kier alpha value is -2.04. The van der Waals surface area contributed by atoms with Gasteiger partial charge in [0.2, 0.25) is 0 Å². The van der Waals surface area contributed by atoms with E-state index >= 15 is 0 Å². The Balaban J connectivity index is 2.04. The van der Waals surface area contributed by atoms with Crippen molar-refractivity contribution < 1.29 is 19.1 Å². The number of benzene rings is 1. The molecule has 1 amide bonds. The van der Waals surface area contributed by atoms with Crippen LogP contribution in [0.4, 0.5) is 5.69 Å². The number of fused-ring (bicyclic) bond motifs is 1. The number of amides is 1. The van der Waals surface area contributed by atoms with Gasteiger partial charge in [0.15, 0.2) is 6.61 Å². The fraction of sp³-hybridized carbons (Fsp3) is 0.429. The fourth-order valence-electron chi connectivity index (χ4n) is 1.73. The lowest BCUT2D eigenvalue weighted by Gasteiger charge is -2.18. The number of carbonyl (C=O) groups is 2. The molecule has 0 radical (unpaired) electrons. The Bertz CT molecular complexity index is 498. The van der Waals surface area contributed by atoms with E-state index in [1.54, 1.807) is 18.2 Å². The van der Waals surface area contributed by atoms with Crippen LogP contribution >= 0.6 is 0 Å². The predicted molar refractivity (Wildman–Crippen MR) is 70.3 cm³/mol. The predicted octanol–water partition coefficient (Wildman–Crippen LogP) is 2.36. The van der Waals surface area contributed by atoms with Crippen LogP contribution in [0.5, 0.6) is 11.5 Å². The van der Waals surface area contributed by atoms with E-state index in [-0.39, 0.29) is 18.5 Å². The van der Waals surface area contributed by atoms with Gasteiger partial charge in [-0.25, -0.2) is 0 Å². The fourth-order valence-corrected chi connectivity index (χ4v) is 1.73. The van der Waals surface area contributed by atoms with Gasteiger partial charge in [0.25, 0.3) is 5.91 Å². The van der Waals surface area contributed by atoms with Gasteiger partial charge in [-0.2, -0.15) is 0 Å². The quantitative estimate of drug-likeness (QED) is 0.669. The molecule has 1 atom stereocenters. The highest BCUT2D eigenvalue weighted by atomic mass is 16.5. The number of esters is 1. The van der Waals surface area contributed by atoms with Gasteiger partial charge < -0.3 is 14.8 Å². The first-order valence-electron chi connectivity index (χ1n) is 6.36. The van der Waals surface area contributed by atoms with Crippen LogP contribution in [0.2, 0.25) is 0 Å². The average molecular weight is 263 g/mol. The van der Waals surface area contributed by atoms with E-state index in [0.717, 1.165) is 6.42 Å². The van der Waals surface area contributed by atoms with Crippen molar-refractivity contribution in [3.05, 3.63) is 18.2 Å². The van der Waals surface area contributed by atoms with Crippen LogP contribution in [-0.4, -0.2) is 18.5 Å². The number of anilines is 1. The number of hydrogen-bond donors (Lipinski definition) is 1. The summed E-state index contributed by atoms with van der Waals surface area (Å²) >= 11 is 0. The molecule has 0 aliphatic carbocycles. The number of carbonyl (C=O) groups excluding carboxylic acids is 2. The minimum absolute atomic E-state index is 0.0140. The highest BCUT2D eigenvalue weighted by molar-refractivity contribution is 5.95. The molecule has 19 heavy (non-hydrogen) atoms. The monoisotopic (exact) mass is 263 g/mol. The minimum atomic E-state index is -0.266. The summed E-state index contributed by atoms with van der Waals surface area (Å²) in [5.41, 5.74) is 0.532. The van der Waals surface area contributed by atoms with Crippen LogP contribution in [0, 0.1) is 5.92 Å². The Morgan fingerprint density at radius 1 is 1.53 bits per heavy atom. The third kappa shape index (κ3) is 3.47. The van der Waals surface area contributed by atoms with Crippen molar-refractivity contribution in [2.45, 2.75) is 26.7 Å². The lowest BCUT2D eigenvalue weighted by atomic mass is 10.1. The van der Waals surface area contributed by atoms with Crippen molar-refractivity contribution in [3.63, 3.8) is 0 Å². The summed E-state index contributed by atoms with van der Waals surface area (Å²) in [6.45, 7) is 4.05. The molecule has 1 aromatic rings. The molecule has 102 valence electrons. The second-order valence-corrected chi connectivity index (χ2v) is 4.69. The Labute approximate surface area is 111 Å².